The average Bonchev–Trinajstić information content (AvgIpc) is 3.11. The van der Waals surface area contributed by atoms with E-state index in [-0.39, 0.29) is 28.7 Å². The van der Waals surface area contributed by atoms with Crippen molar-refractivity contribution in [3.63, 3.8) is 0 Å². The fourth-order valence-electron chi connectivity index (χ4n) is 6.64. The molecule has 3 rings (SSSR count). The van der Waals surface area contributed by atoms with Crippen LogP contribution < -0.4 is 21.7 Å². The molecule has 3 fully saturated rings. The predicted molar refractivity (Wildman–Crippen MR) is 128 cm³/mol. The van der Waals surface area contributed by atoms with Crippen LogP contribution in [0, 0.1) is 22.7 Å². The number of aliphatic carboxylic acids is 1. The molecule has 8 heteroatoms. The fraction of sp³-hybridized carbons (Fsp3) is 0.880. The number of rotatable bonds is 10. The van der Waals surface area contributed by atoms with Crippen LogP contribution in [0.2, 0.25) is 0 Å². The van der Waals surface area contributed by atoms with Crippen LogP contribution in [0.3, 0.4) is 0 Å². The number of urea groups is 1. The lowest BCUT2D eigenvalue weighted by molar-refractivity contribution is -0.139. The third-order valence-corrected chi connectivity index (χ3v) is 9.35. The van der Waals surface area contributed by atoms with Gasteiger partial charge in [-0.1, -0.05) is 40.0 Å². The van der Waals surface area contributed by atoms with Gasteiger partial charge in [-0.3, -0.25) is 4.79 Å². The SMILES string of the molecule is CC1(C)[C@@H]2CC[C@@]1(C)C(NC(=O)[C@H](NC(=O)N[C@@H](CCCCN)C(=O)O)C1CCCCC1)C2. The second-order valence-corrected chi connectivity index (χ2v) is 11.3. The van der Waals surface area contributed by atoms with E-state index in [0.29, 0.717) is 31.7 Å². The number of fused-ring (bicyclic) bond motifs is 2. The summed E-state index contributed by atoms with van der Waals surface area (Å²) in [6.45, 7) is 7.41. The fourth-order valence-corrected chi connectivity index (χ4v) is 6.64. The maximum absolute atomic E-state index is 13.5. The Kier molecular flexibility index (Phi) is 8.30. The predicted octanol–water partition coefficient (Wildman–Crippen LogP) is 3.15. The Balaban J connectivity index is 1.66. The van der Waals surface area contributed by atoms with Crippen molar-refractivity contribution >= 4 is 17.9 Å². The Labute approximate surface area is 198 Å². The van der Waals surface area contributed by atoms with Gasteiger partial charge in [-0.2, -0.15) is 0 Å². The quantitative estimate of drug-likeness (QED) is 0.317. The molecule has 1 unspecified atom stereocenters. The Bertz CT molecular complexity index is 721. The zero-order valence-electron chi connectivity index (χ0n) is 20.6. The maximum atomic E-state index is 13.5. The zero-order chi connectivity index (χ0) is 24.2. The van der Waals surface area contributed by atoms with E-state index in [4.69, 9.17) is 5.73 Å². The van der Waals surface area contributed by atoms with Gasteiger partial charge in [0.15, 0.2) is 0 Å². The summed E-state index contributed by atoms with van der Waals surface area (Å²) in [4.78, 5) is 37.9. The first-order chi connectivity index (χ1) is 15.6. The second kappa shape index (κ2) is 10.6. The van der Waals surface area contributed by atoms with Crippen LogP contribution in [0.15, 0.2) is 0 Å². The van der Waals surface area contributed by atoms with Gasteiger partial charge < -0.3 is 26.8 Å². The summed E-state index contributed by atoms with van der Waals surface area (Å²) in [7, 11) is 0. The minimum absolute atomic E-state index is 0.0596. The Morgan fingerprint density at radius 3 is 2.27 bits per heavy atom. The summed E-state index contributed by atoms with van der Waals surface area (Å²) >= 11 is 0. The summed E-state index contributed by atoms with van der Waals surface area (Å²) in [5.74, 6) is -0.508. The van der Waals surface area contributed by atoms with E-state index in [1.807, 2.05) is 0 Å². The molecule has 0 radical (unpaired) electrons. The van der Waals surface area contributed by atoms with Crippen molar-refractivity contribution < 1.29 is 19.5 Å². The summed E-state index contributed by atoms with van der Waals surface area (Å²) in [5, 5.41) is 18.2. The maximum Gasteiger partial charge on any atom is 0.326 e. The van der Waals surface area contributed by atoms with Crippen molar-refractivity contribution in [3.8, 4) is 0 Å². The van der Waals surface area contributed by atoms with Gasteiger partial charge in [-0.05, 0) is 80.6 Å². The lowest BCUT2D eigenvalue weighted by atomic mass is 9.69. The van der Waals surface area contributed by atoms with Crippen LogP contribution in [0.4, 0.5) is 4.79 Å². The van der Waals surface area contributed by atoms with Crippen LogP contribution in [-0.4, -0.2) is 47.7 Å². The number of hydrogen-bond donors (Lipinski definition) is 5. The van der Waals surface area contributed by atoms with Gasteiger partial charge in [-0.15, -0.1) is 0 Å². The van der Waals surface area contributed by atoms with Crippen molar-refractivity contribution in [2.24, 2.45) is 28.4 Å². The van der Waals surface area contributed by atoms with Crippen molar-refractivity contribution in [1.82, 2.24) is 16.0 Å². The molecule has 0 aliphatic heterocycles. The van der Waals surface area contributed by atoms with Gasteiger partial charge in [0.1, 0.15) is 12.1 Å². The number of hydrogen-bond acceptors (Lipinski definition) is 4. The lowest BCUT2D eigenvalue weighted by Gasteiger charge is -2.40. The first kappa shape index (κ1) is 25.8. The minimum atomic E-state index is -1.07. The van der Waals surface area contributed by atoms with Gasteiger partial charge in [-0.25, -0.2) is 9.59 Å². The van der Waals surface area contributed by atoms with Crippen molar-refractivity contribution in [2.45, 2.75) is 110 Å². The van der Waals surface area contributed by atoms with Gasteiger partial charge >= 0.3 is 12.0 Å². The first-order valence-electron chi connectivity index (χ1n) is 12.9. The molecular formula is C25H44N4O4. The molecule has 8 nitrogen and oxygen atoms in total. The standard InChI is InChI=1S/C25H44N4O4/c1-24(2)17-12-13-25(24,3)19(15-17)28-21(30)20(16-9-5-4-6-10-16)29-23(33)27-18(22(31)32)11-7-8-14-26/h16-20H,4-15,26H2,1-3H3,(H,28,30)(H,31,32)(H2,27,29,33)/t17-,18+,19?,20-,25+/m1/s1. The van der Waals surface area contributed by atoms with Gasteiger partial charge in [0.05, 0.1) is 0 Å². The van der Waals surface area contributed by atoms with E-state index in [0.717, 1.165) is 44.9 Å². The molecule has 0 aromatic carbocycles. The number of carbonyl (C=O) groups is 3. The number of nitrogens with one attached hydrogen (secondary N) is 3. The Morgan fingerprint density at radius 2 is 1.73 bits per heavy atom. The Morgan fingerprint density at radius 1 is 1.03 bits per heavy atom. The van der Waals surface area contributed by atoms with E-state index < -0.39 is 24.1 Å². The molecule has 2 bridgehead atoms. The average molecular weight is 465 g/mol. The second-order valence-electron chi connectivity index (χ2n) is 11.3. The molecule has 3 aliphatic rings. The van der Waals surface area contributed by atoms with Crippen LogP contribution >= 0.6 is 0 Å². The molecule has 0 aromatic heterocycles. The highest BCUT2D eigenvalue weighted by Gasteiger charge is 2.61. The van der Waals surface area contributed by atoms with E-state index in [9.17, 15) is 19.5 Å². The molecular weight excluding hydrogens is 420 g/mol. The molecule has 0 saturated heterocycles. The number of unbranched alkanes of at least 4 members (excludes halogenated alkanes) is 1. The third kappa shape index (κ3) is 5.47. The molecule has 3 aliphatic carbocycles. The smallest absolute Gasteiger partial charge is 0.326 e. The number of nitrogens with two attached hydrogens (primary N) is 1. The number of amides is 3. The first-order valence-corrected chi connectivity index (χ1v) is 12.9. The molecule has 3 amide bonds. The molecule has 5 atom stereocenters. The third-order valence-electron chi connectivity index (χ3n) is 9.35. The van der Waals surface area contributed by atoms with Gasteiger partial charge in [0.25, 0.3) is 0 Å². The van der Waals surface area contributed by atoms with Crippen molar-refractivity contribution in [3.05, 3.63) is 0 Å². The topological polar surface area (TPSA) is 134 Å². The summed E-state index contributed by atoms with van der Waals surface area (Å²) < 4.78 is 0. The van der Waals surface area contributed by atoms with Crippen LogP contribution in [0.5, 0.6) is 0 Å². The summed E-state index contributed by atoms with van der Waals surface area (Å²) in [5.41, 5.74) is 5.75. The van der Waals surface area contributed by atoms with Crippen molar-refractivity contribution in [2.75, 3.05) is 6.54 Å². The number of carboxylic acids is 1. The minimum Gasteiger partial charge on any atom is -0.480 e. The number of carbonyl (C=O) groups excluding carboxylic acids is 2. The van der Waals surface area contributed by atoms with E-state index in [1.165, 1.54) is 6.42 Å². The zero-order valence-corrected chi connectivity index (χ0v) is 20.6. The molecule has 6 N–H and O–H groups in total. The molecule has 33 heavy (non-hydrogen) atoms. The highest BCUT2D eigenvalue weighted by atomic mass is 16.4. The van der Waals surface area contributed by atoms with Crippen LogP contribution in [-0.2, 0) is 9.59 Å². The van der Waals surface area contributed by atoms with Crippen LogP contribution in [0.1, 0.15) is 91.4 Å². The van der Waals surface area contributed by atoms with E-state index in [2.05, 4.69) is 36.7 Å². The van der Waals surface area contributed by atoms with Crippen LogP contribution in [0.25, 0.3) is 0 Å². The van der Waals surface area contributed by atoms with E-state index in [1.54, 1.807) is 0 Å². The monoisotopic (exact) mass is 464 g/mol. The molecule has 0 aromatic rings. The largest absolute Gasteiger partial charge is 0.480 e. The van der Waals surface area contributed by atoms with Gasteiger partial charge in [0.2, 0.25) is 5.91 Å². The molecule has 188 valence electrons. The van der Waals surface area contributed by atoms with Gasteiger partial charge in [0, 0.05) is 6.04 Å². The molecule has 3 saturated carbocycles. The lowest BCUT2D eigenvalue weighted by Crippen LogP contribution is -2.58. The number of carboxylic acid groups (broad SMARTS) is 1. The van der Waals surface area contributed by atoms with E-state index >= 15 is 0 Å². The summed E-state index contributed by atoms with van der Waals surface area (Å²) in [6, 6.07) is -2.11. The Hall–Kier alpha value is -1.83. The highest BCUT2D eigenvalue weighted by molar-refractivity contribution is 5.89. The molecule has 0 heterocycles. The van der Waals surface area contributed by atoms with Crippen molar-refractivity contribution in [1.29, 1.82) is 0 Å². The highest BCUT2D eigenvalue weighted by Crippen LogP contribution is 2.65. The normalized spacial score (nSPS) is 30.4. The summed E-state index contributed by atoms with van der Waals surface area (Å²) in [6.07, 6.45) is 9.99. The molecule has 0 spiro atoms.